The van der Waals surface area contributed by atoms with Crippen molar-refractivity contribution in [2.75, 3.05) is 0 Å². The van der Waals surface area contributed by atoms with E-state index in [4.69, 9.17) is 4.18 Å². The van der Waals surface area contributed by atoms with Gasteiger partial charge in [0, 0.05) is 9.86 Å². The van der Waals surface area contributed by atoms with Crippen LogP contribution in [0, 0.1) is 0 Å². The van der Waals surface area contributed by atoms with Crippen LogP contribution in [-0.4, -0.2) is 13.4 Å². The minimum Gasteiger partial charge on any atom is -0.377 e. The first-order valence-corrected chi connectivity index (χ1v) is 10.6. The van der Waals surface area contributed by atoms with Crippen molar-refractivity contribution in [3.05, 3.63) is 93.7 Å². The molecule has 5 nitrogen and oxygen atoms in total. The van der Waals surface area contributed by atoms with Gasteiger partial charge in [-0.3, -0.25) is 4.79 Å². The zero-order chi connectivity index (χ0) is 19.7. The number of hydrogen-bond donors (Lipinski definition) is 1. The Labute approximate surface area is 169 Å². The molecule has 0 saturated carbocycles. The van der Waals surface area contributed by atoms with Gasteiger partial charge in [-0.05, 0) is 42.0 Å². The molecule has 0 spiro atoms. The van der Waals surface area contributed by atoms with Crippen LogP contribution in [0.25, 0.3) is 22.0 Å². The Hall–Kier alpha value is -2.90. The van der Waals surface area contributed by atoms with Crippen LogP contribution in [0.3, 0.4) is 0 Å². The third-order valence-corrected chi connectivity index (χ3v) is 6.00. The molecule has 0 amide bonds. The Kier molecular flexibility index (Phi) is 4.78. The number of aromatic nitrogens is 1. The standard InChI is InChI=1S/C21H14BrNO4S/c22-15-10-12-16(13-11-15)28(25,26)27-20-17-8-4-5-9-18(17)23-21(24)19(20)14-6-2-1-3-7-14/h1-13H,(H,23,24). The van der Waals surface area contributed by atoms with E-state index in [0.29, 0.717) is 16.5 Å². The maximum atomic E-state index is 12.9. The Bertz CT molecular complexity index is 1310. The van der Waals surface area contributed by atoms with E-state index in [1.807, 2.05) is 6.07 Å². The molecule has 0 aliphatic carbocycles. The summed E-state index contributed by atoms with van der Waals surface area (Å²) in [6, 6.07) is 21.9. The maximum Gasteiger partial charge on any atom is 0.339 e. The summed E-state index contributed by atoms with van der Waals surface area (Å²) in [7, 11) is -4.14. The van der Waals surface area contributed by atoms with Gasteiger partial charge in [0.05, 0.1) is 11.1 Å². The molecule has 0 aliphatic rings. The number of nitrogens with one attached hydrogen (secondary N) is 1. The average Bonchev–Trinajstić information content (AvgIpc) is 2.69. The fourth-order valence-corrected chi connectivity index (χ4v) is 4.15. The Morgan fingerprint density at radius 3 is 2.18 bits per heavy atom. The average molecular weight is 456 g/mol. The number of benzene rings is 3. The quantitative estimate of drug-likeness (QED) is 0.451. The van der Waals surface area contributed by atoms with Gasteiger partial charge < -0.3 is 9.17 Å². The molecule has 0 atom stereocenters. The van der Waals surface area contributed by atoms with Gasteiger partial charge in [-0.1, -0.05) is 58.4 Å². The van der Waals surface area contributed by atoms with Crippen molar-refractivity contribution in [1.82, 2.24) is 4.98 Å². The number of hydrogen-bond acceptors (Lipinski definition) is 4. The zero-order valence-corrected chi connectivity index (χ0v) is 16.8. The van der Waals surface area contributed by atoms with Crippen LogP contribution in [0.1, 0.15) is 0 Å². The van der Waals surface area contributed by atoms with Crippen LogP contribution in [0.5, 0.6) is 5.75 Å². The summed E-state index contributed by atoms with van der Waals surface area (Å²) in [5.74, 6) is 0.00784. The molecule has 28 heavy (non-hydrogen) atoms. The van der Waals surface area contributed by atoms with Gasteiger partial charge in [0.15, 0.2) is 5.75 Å². The predicted molar refractivity (Wildman–Crippen MR) is 112 cm³/mol. The SMILES string of the molecule is O=c1[nH]c2ccccc2c(OS(=O)(=O)c2ccc(Br)cc2)c1-c1ccccc1. The molecule has 1 heterocycles. The summed E-state index contributed by atoms with van der Waals surface area (Å²) < 4.78 is 32.1. The lowest BCUT2D eigenvalue weighted by molar-refractivity contribution is 0.489. The third-order valence-electron chi connectivity index (χ3n) is 4.23. The van der Waals surface area contributed by atoms with Crippen molar-refractivity contribution >= 4 is 37.0 Å². The molecular weight excluding hydrogens is 442 g/mol. The molecular formula is C21H14BrNO4S. The number of fused-ring (bicyclic) bond motifs is 1. The molecule has 7 heteroatoms. The molecule has 140 valence electrons. The number of para-hydroxylation sites is 1. The second-order valence-electron chi connectivity index (χ2n) is 6.06. The van der Waals surface area contributed by atoms with Crippen LogP contribution in [-0.2, 0) is 10.1 Å². The molecule has 0 unspecified atom stereocenters. The Balaban J connectivity index is 1.97. The molecule has 4 aromatic rings. The first-order chi connectivity index (χ1) is 13.5. The molecule has 0 bridgehead atoms. The summed E-state index contributed by atoms with van der Waals surface area (Å²) >= 11 is 3.28. The fourth-order valence-electron chi connectivity index (χ4n) is 2.93. The number of halogens is 1. The smallest absolute Gasteiger partial charge is 0.339 e. The molecule has 0 saturated heterocycles. The van der Waals surface area contributed by atoms with Gasteiger partial charge in [0.1, 0.15) is 4.90 Å². The second kappa shape index (κ2) is 7.26. The van der Waals surface area contributed by atoms with Crippen LogP contribution in [0.2, 0.25) is 0 Å². The molecule has 3 aromatic carbocycles. The number of H-pyrrole nitrogens is 1. The molecule has 0 radical (unpaired) electrons. The zero-order valence-electron chi connectivity index (χ0n) is 14.4. The maximum absolute atomic E-state index is 12.9. The first-order valence-electron chi connectivity index (χ1n) is 8.36. The first kappa shape index (κ1) is 18.5. The normalized spacial score (nSPS) is 11.5. The van der Waals surface area contributed by atoms with Crippen molar-refractivity contribution in [2.45, 2.75) is 4.90 Å². The topological polar surface area (TPSA) is 76.2 Å². The number of pyridine rings is 1. The van der Waals surface area contributed by atoms with Gasteiger partial charge in [0.2, 0.25) is 0 Å². The van der Waals surface area contributed by atoms with Crippen LogP contribution in [0.15, 0.2) is 93.0 Å². The number of aromatic amines is 1. The predicted octanol–water partition coefficient (Wildman–Crippen LogP) is 4.73. The van der Waals surface area contributed by atoms with Gasteiger partial charge >= 0.3 is 10.1 Å². The Morgan fingerprint density at radius 2 is 1.46 bits per heavy atom. The highest BCUT2D eigenvalue weighted by Crippen LogP contribution is 2.35. The van der Waals surface area contributed by atoms with Crippen LogP contribution >= 0.6 is 15.9 Å². The monoisotopic (exact) mass is 455 g/mol. The van der Waals surface area contributed by atoms with Crippen molar-refractivity contribution in [1.29, 1.82) is 0 Å². The van der Waals surface area contributed by atoms with Crippen molar-refractivity contribution < 1.29 is 12.6 Å². The minimum absolute atomic E-state index is 0.000857. The summed E-state index contributed by atoms with van der Waals surface area (Å²) in [6.07, 6.45) is 0. The van der Waals surface area contributed by atoms with Crippen molar-refractivity contribution in [3.8, 4) is 16.9 Å². The molecule has 1 aromatic heterocycles. The van der Waals surface area contributed by atoms with E-state index in [1.54, 1.807) is 60.7 Å². The molecule has 1 N–H and O–H groups in total. The van der Waals surface area contributed by atoms with E-state index in [9.17, 15) is 13.2 Å². The highest BCUT2D eigenvalue weighted by molar-refractivity contribution is 9.10. The molecule has 4 rings (SSSR count). The summed E-state index contributed by atoms with van der Waals surface area (Å²) in [5, 5.41) is 0.502. The van der Waals surface area contributed by atoms with Crippen LogP contribution in [0.4, 0.5) is 0 Å². The largest absolute Gasteiger partial charge is 0.377 e. The van der Waals surface area contributed by atoms with E-state index < -0.39 is 15.7 Å². The lowest BCUT2D eigenvalue weighted by Crippen LogP contribution is -2.16. The van der Waals surface area contributed by atoms with E-state index in [0.717, 1.165) is 4.47 Å². The van der Waals surface area contributed by atoms with Gasteiger partial charge in [-0.2, -0.15) is 8.42 Å². The highest BCUT2D eigenvalue weighted by Gasteiger charge is 2.23. The van der Waals surface area contributed by atoms with Crippen molar-refractivity contribution in [3.63, 3.8) is 0 Å². The van der Waals surface area contributed by atoms with Crippen LogP contribution < -0.4 is 9.74 Å². The Morgan fingerprint density at radius 1 is 0.821 bits per heavy atom. The third kappa shape index (κ3) is 3.46. The second-order valence-corrected chi connectivity index (χ2v) is 8.52. The summed E-state index contributed by atoms with van der Waals surface area (Å²) in [6.45, 7) is 0. The van der Waals surface area contributed by atoms with Gasteiger partial charge in [-0.15, -0.1) is 0 Å². The lowest BCUT2D eigenvalue weighted by atomic mass is 10.0. The number of rotatable bonds is 4. The van der Waals surface area contributed by atoms with E-state index >= 15 is 0 Å². The fraction of sp³-hybridized carbons (Fsp3) is 0. The van der Waals surface area contributed by atoms with Gasteiger partial charge in [0.25, 0.3) is 5.56 Å². The van der Waals surface area contributed by atoms with Gasteiger partial charge in [-0.25, -0.2) is 0 Å². The van der Waals surface area contributed by atoms with E-state index in [2.05, 4.69) is 20.9 Å². The molecule has 0 fully saturated rings. The highest BCUT2D eigenvalue weighted by atomic mass is 79.9. The van der Waals surface area contributed by atoms with E-state index in [-0.39, 0.29) is 16.2 Å². The molecule has 0 aliphatic heterocycles. The van der Waals surface area contributed by atoms with Crippen molar-refractivity contribution in [2.24, 2.45) is 0 Å². The van der Waals surface area contributed by atoms with E-state index in [1.165, 1.54) is 12.1 Å². The summed E-state index contributed by atoms with van der Waals surface area (Å²) in [4.78, 5) is 15.6. The summed E-state index contributed by atoms with van der Waals surface area (Å²) in [5.41, 5.74) is 0.801. The lowest BCUT2D eigenvalue weighted by Gasteiger charge is -2.14. The minimum atomic E-state index is -4.14.